The molecular weight excluding hydrogens is 396 g/mol. The summed E-state index contributed by atoms with van der Waals surface area (Å²) < 4.78 is 32.8. The number of hydrogen-bond acceptors (Lipinski definition) is 4. The quantitative estimate of drug-likeness (QED) is 0.572. The molecule has 5 heteroatoms. The van der Waals surface area contributed by atoms with Crippen molar-refractivity contribution < 1.29 is 17.9 Å². The number of ether oxygens (including phenoxy) is 1. The van der Waals surface area contributed by atoms with Crippen LogP contribution in [0.3, 0.4) is 0 Å². The van der Waals surface area contributed by atoms with Gasteiger partial charge in [-0.3, -0.25) is 4.79 Å². The van der Waals surface area contributed by atoms with Gasteiger partial charge in [-0.1, -0.05) is 71.8 Å². The minimum absolute atomic E-state index is 0.216. The molecule has 0 saturated heterocycles. The van der Waals surface area contributed by atoms with Gasteiger partial charge in [-0.05, 0) is 42.7 Å². The zero-order valence-corrected chi connectivity index (χ0v) is 18.0. The fourth-order valence-electron chi connectivity index (χ4n) is 4.46. The molecule has 0 spiro atoms. The summed E-state index contributed by atoms with van der Waals surface area (Å²) in [6, 6.07) is 22.2. The Morgan fingerprint density at radius 3 is 2.10 bits per heavy atom. The predicted molar refractivity (Wildman–Crippen MR) is 116 cm³/mol. The molecule has 4 nitrogen and oxygen atoms in total. The number of methoxy groups -OCH3 is 1. The summed E-state index contributed by atoms with van der Waals surface area (Å²) in [6.45, 7) is 3.84. The highest BCUT2D eigenvalue weighted by molar-refractivity contribution is 7.91. The van der Waals surface area contributed by atoms with E-state index in [1.807, 2.05) is 62.4 Å². The van der Waals surface area contributed by atoms with E-state index in [4.69, 9.17) is 4.74 Å². The first-order valence-corrected chi connectivity index (χ1v) is 11.4. The molecular formula is C25H24O4S. The van der Waals surface area contributed by atoms with Crippen molar-refractivity contribution in [2.75, 3.05) is 7.11 Å². The van der Waals surface area contributed by atoms with Crippen LogP contribution in [0.1, 0.15) is 39.0 Å². The molecule has 3 aromatic carbocycles. The fourth-order valence-corrected chi connectivity index (χ4v) is 6.46. The van der Waals surface area contributed by atoms with Crippen molar-refractivity contribution in [1.82, 2.24) is 0 Å². The largest absolute Gasteiger partial charge is 0.469 e. The number of rotatable bonds is 4. The van der Waals surface area contributed by atoms with Crippen molar-refractivity contribution in [2.45, 2.75) is 29.9 Å². The van der Waals surface area contributed by atoms with E-state index in [2.05, 4.69) is 0 Å². The molecule has 0 bridgehead atoms. The molecule has 154 valence electrons. The Bertz CT molecular complexity index is 1180. The number of aryl methyl sites for hydroxylation is 2. The summed E-state index contributed by atoms with van der Waals surface area (Å²) in [4.78, 5) is 13.2. The molecule has 0 unspecified atom stereocenters. The van der Waals surface area contributed by atoms with E-state index in [0.717, 1.165) is 22.3 Å². The zero-order valence-electron chi connectivity index (χ0n) is 17.2. The summed E-state index contributed by atoms with van der Waals surface area (Å²) in [7, 11) is -2.52. The van der Waals surface area contributed by atoms with Crippen LogP contribution in [0.2, 0.25) is 0 Å². The summed E-state index contributed by atoms with van der Waals surface area (Å²) in [5.74, 6) is -1.77. The lowest BCUT2D eigenvalue weighted by Crippen LogP contribution is -2.29. The molecule has 0 N–H and O–H groups in total. The van der Waals surface area contributed by atoms with Crippen molar-refractivity contribution in [3.05, 3.63) is 101 Å². The number of benzene rings is 3. The Kier molecular flexibility index (Phi) is 5.24. The van der Waals surface area contributed by atoms with Crippen molar-refractivity contribution in [3.63, 3.8) is 0 Å². The highest BCUT2D eigenvalue weighted by Gasteiger charge is 2.52. The molecule has 0 saturated carbocycles. The maximum Gasteiger partial charge on any atom is 0.311 e. The van der Waals surface area contributed by atoms with Gasteiger partial charge >= 0.3 is 5.97 Å². The maximum absolute atomic E-state index is 13.8. The number of hydrogen-bond donors (Lipinski definition) is 0. The number of esters is 1. The van der Waals surface area contributed by atoms with E-state index < -0.39 is 27.0 Å². The van der Waals surface area contributed by atoms with Crippen LogP contribution < -0.4 is 0 Å². The van der Waals surface area contributed by atoms with Gasteiger partial charge in [0, 0.05) is 5.92 Å². The first kappa shape index (κ1) is 20.4. The van der Waals surface area contributed by atoms with E-state index in [1.165, 1.54) is 7.11 Å². The SMILES string of the molecule is COC(=O)[C@H]1[C@H](c2ccccc2)c2ccc(C)cc2[C@@H]1S(=O)(=O)c1ccc(C)cc1. The Hall–Kier alpha value is -2.92. The second kappa shape index (κ2) is 7.73. The summed E-state index contributed by atoms with van der Waals surface area (Å²) >= 11 is 0. The number of carbonyl (C=O) groups is 1. The van der Waals surface area contributed by atoms with E-state index in [9.17, 15) is 13.2 Å². The van der Waals surface area contributed by atoms with Crippen LogP contribution in [0.25, 0.3) is 0 Å². The van der Waals surface area contributed by atoms with Crippen molar-refractivity contribution in [1.29, 1.82) is 0 Å². The minimum atomic E-state index is -3.83. The van der Waals surface area contributed by atoms with E-state index in [1.54, 1.807) is 24.3 Å². The van der Waals surface area contributed by atoms with Crippen molar-refractivity contribution >= 4 is 15.8 Å². The van der Waals surface area contributed by atoms with E-state index in [0.29, 0.717) is 5.56 Å². The highest BCUT2D eigenvalue weighted by atomic mass is 32.2. The number of carbonyl (C=O) groups excluding carboxylic acids is 1. The van der Waals surface area contributed by atoms with Gasteiger partial charge in [-0.25, -0.2) is 8.42 Å². The second-order valence-electron chi connectivity index (χ2n) is 7.85. The smallest absolute Gasteiger partial charge is 0.311 e. The fraction of sp³-hybridized carbons (Fsp3) is 0.240. The third kappa shape index (κ3) is 3.33. The minimum Gasteiger partial charge on any atom is -0.469 e. The van der Waals surface area contributed by atoms with Gasteiger partial charge in [0.05, 0.1) is 17.9 Å². The Labute approximate surface area is 177 Å². The Balaban J connectivity index is 1.97. The van der Waals surface area contributed by atoms with Crippen molar-refractivity contribution in [2.24, 2.45) is 5.92 Å². The van der Waals surface area contributed by atoms with Crippen LogP contribution in [0.5, 0.6) is 0 Å². The number of sulfone groups is 1. The lowest BCUT2D eigenvalue weighted by Gasteiger charge is -2.24. The molecule has 0 aliphatic heterocycles. The highest BCUT2D eigenvalue weighted by Crippen LogP contribution is 2.54. The molecule has 3 aromatic rings. The maximum atomic E-state index is 13.8. The molecule has 1 aliphatic rings. The van der Waals surface area contributed by atoms with Crippen LogP contribution in [0.4, 0.5) is 0 Å². The third-order valence-corrected chi connectivity index (χ3v) is 8.03. The summed E-state index contributed by atoms with van der Waals surface area (Å²) in [6.07, 6.45) is 0. The van der Waals surface area contributed by atoms with E-state index >= 15 is 0 Å². The van der Waals surface area contributed by atoms with Crippen LogP contribution in [-0.2, 0) is 19.4 Å². The van der Waals surface area contributed by atoms with Crippen molar-refractivity contribution in [3.8, 4) is 0 Å². The molecule has 3 atom stereocenters. The van der Waals surface area contributed by atoms with Gasteiger partial charge in [-0.2, -0.15) is 0 Å². The third-order valence-electron chi connectivity index (χ3n) is 5.89. The first-order chi connectivity index (χ1) is 14.3. The van der Waals surface area contributed by atoms with Crippen LogP contribution in [0.15, 0.2) is 77.7 Å². The lowest BCUT2D eigenvalue weighted by atomic mass is 9.86. The Morgan fingerprint density at radius 1 is 0.833 bits per heavy atom. The van der Waals surface area contributed by atoms with Gasteiger partial charge in [-0.15, -0.1) is 0 Å². The molecule has 0 radical (unpaired) electrons. The van der Waals surface area contributed by atoms with Gasteiger partial charge in [0.1, 0.15) is 5.25 Å². The predicted octanol–water partition coefficient (Wildman–Crippen LogP) is 4.75. The normalized spacial score (nSPS) is 20.6. The summed E-state index contributed by atoms with van der Waals surface area (Å²) in [5, 5.41) is -1.01. The van der Waals surface area contributed by atoms with Gasteiger partial charge in [0.2, 0.25) is 0 Å². The van der Waals surface area contributed by atoms with Gasteiger partial charge < -0.3 is 4.74 Å². The Morgan fingerprint density at radius 2 is 1.47 bits per heavy atom. The van der Waals surface area contributed by atoms with Gasteiger partial charge in [0.15, 0.2) is 9.84 Å². The standard InChI is InChI=1S/C25H24O4S/c1-16-9-12-19(13-10-16)30(27,28)24-21-15-17(2)11-14-20(21)22(23(24)25(26)29-3)18-7-5-4-6-8-18/h4-15,22-24H,1-3H3/t22-,23+,24+/m1/s1. The summed E-state index contributed by atoms with van der Waals surface area (Å²) in [5.41, 5.74) is 4.38. The molecule has 1 aliphatic carbocycles. The number of fused-ring (bicyclic) bond motifs is 1. The molecule has 0 fully saturated rings. The molecule has 0 aromatic heterocycles. The lowest BCUT2D eigenvalue weighted by molar-refractivity contribution is -0.145. The molecule has 0 amide bonds. The van der Waals surface area contributed by atoms with Crippen LogP contribution >= 0.6 is 0 Å². The second-order valence-corrected chi connectivity index (χ2v) is 9.92. The topological polar surface area (TPSA) is 60.4 Å². The zero-order chi connectivity index (χ0) is 21.5. The first-order valence-electron chi connectivity index (χ1n) is 9.88. The molecule has 0 heterocycles. The molecule has 4 rings (SSSR count). The average Bonchev–Trinajstić information content (AvgIpc) is 3.09. The van der Waals surface area contributed by atoms with Crippen LogP contribution in [0, 0.1) is 19.8 Å². The molecule has 30 heavy (non-hydrogen) atoms. The average molecular weight is 421 g/mol. The van der Waals surface area contributed by atoms with Gasteiger partial charge in [0.25, 0.3) is 0 Å². The van der Waals surface area contributed by atoms with Crippen LogP contribution in [-0.4, -0.2) is 21.5 Å². The monoisotopic (exact) mass is 420 g/mol. The van der Waals surface area contributed by atoms with E-state index in [-0.39, 0.29) is 10.8 Å².